The lowest BCUT2D eigenvalue weighted by Gasteiger charge is -2.15. The summed E-state index contributed by atoms with van der Waals surface area (Å²) in [5, 5.41) is 19.0. The largest absolute Gasteiger partial charge is 0.508 e. The van der Waals surface area contributed by atoms with E-state index in [0.29, 0.717) is 5.56 Å². The Morgan fingerprint density at radius 3 is 2.67 bits per heavy atom. The third-order valence-corrected chi connectivity index (χ3v) is 3.06. The summed E-state index contributed by atoms with van der Waals surface area (Å²) >= 11 is 0. The van der Waals surface area contributed by atoms with Crippen LogP contribution in [0.2, 0.25) is 0 Å². The van der Waals surface area contributed by atoms with Crippen molar-refractivity contribution in [3.05, 3.63) is 47.2 Å². The molecule has 4 N–H and O–H groups in total. The van der Waals surface area contributed by atoms with Gasteiger partial charge in [-0.3, -0.25) is 10.2 Å². The molecule has 0 saturated carbocycles. The maximum Gasteiger partial charge on any atom is 0.226 e. The molecule has 2 aromatic carbocycles. The van der Waals surface area contributed by atoms with Crippen LogP contribution < -0.4 is 5.73 Å². The van der Waals surface area contributed by atoms with E-state index >= 15 is 0 Å². The van der Waals surface area contributed by atoms with Crippen LogP contribution in [0.25, 0.3) is 16.8 Å². The van der Waals surface area contributed by atoms with Crippen molar-refractivity contribution in [3.63, 3.8) is 0 Å². The SMILES string of the molecule is N=C1C(=O)C(N)=Cc2cc3cc(O)ccc3cc21. The quantitative estimate of drug-likeness (QED) is 0.654. The molecule has 0 saturated heterocycles. The first-order chi connectivity index (χ1) is 8.56. The van der Waals surface area contributed by atoms with Crippen LogP contribution in [0, 0.1) is 5.41 Å². The number of rotatable bonds is 0. The molecule has 0 unspecified atom stereocenters. The van der Waals surface area contributed by atoms with Crippen LogP contribution in [0.5, 0.6) is 5.75 Å². The predicted molar refractivity (Wildman–Crippen MR) is 69.6 cm³/mol. The van der Waals surface area contributed by atoms with E-state index in [9.17, 15) is 9.90 Å². The van der Waals surface area contributed by atoms with Crippen molar-refractivity contribution in [1.82, 2.24) is 0 Å². The van der Waals surface area contributed by atoms with Crippen molar-refractivity contribution in [2.45, 2.75) is 0 Å². The van der Waals surface area contributed by atoms with Crippen LogP contribution in [0.4, 0.5) is 0 Å². The molecule has 1 aliphatic rings. The molecule has 88 valence electrons. The maximum absolute atomic E-state index is 11.6. The van der Waals surface area contributed by atoms with Gasteiger partial charge in [0, 0.05) is 5.56 Å². The zero-order valence-electron chi connectivity index (χ0n) is 9.40. The molecule has 3 rings (SSSR count). The number of carbonyl (C=O) groups excluding carboxylic acids is 1. The molecule has 18 heavy (non-hydrogen) atoms. The summed E-state index contributed by atoms with van der Waals surface area (Å²) in [4.78, 5) is 11.6. The van der Waals surface area contributed by atoms with E-state index in [2.05, 4.69) is 0 Å². The van der Waals surface area contributed by atoms with E-state index in [1.54, 1.807) is 30.3 Å². The van der Waals surface area contributed by atoms with Crippen LogP contribution in [0.15, 0.2) is 36.0 Å². The van der Waals surface area contributed by atoms with Gasteiger partial charge in [-0.05, 0) is 46.7 Å². The molecule has 4 nitrogen and oxygen atoms in total. The average Bonchev–Trinajstić information content (AvgIpc) is 2.34. The highest BCUT2D eigenvalue weighted by molar-refractivity contribution is 6.52. The standard InChI is InChI=1S/C14H10N2O2/c15-12-6-9-3-8-4-10(17)2-1-7(8)5-11(9)13(16)14(12)18/h1-6,16-17H,15H2. The Balaban J connectivity index is 2.36. The minimum Gasteiger partial charge on any atom is -0.508 e. The average molecular weight is 238 g/mol. The first-order valence-corrected chi connectivity index (χ1v) is 5.44. The number of fused-ring (bicyclic) bond motifs is 2. The minimum atomic E-state index is -0.444. The van der Waals surface area contributed by atoms with E-state index in [1.807, 2.05) is 6.07 Å². The Morgan fingerprint density at radius 1 is 1.11 bits per heavy atom. The van der Waals surface area contributed by atoms with Crippen molar-refractivity contribution in [2.24, 2.45) is 5.73 Å². The fraction of sp³-hybridized carbons (Fsp3) is 0. The summed E-state index contributed by atoms with van der Waals surface area (Å²) in [5.74, 6) is -0.262. The molecule has 0 spiro atoms. The minimum absolute atomic E-state index is 0.0759. The van der Waals surface area contributed by atoms with Crippen LogP contribution in [0.1, 0.15) is 11.1 Å². The molecule has 0 atom stereocenters. The number of allylic oxidation sites excluding steroid dienone is 1. The number of Topliss-reactive ketones (excluding diaryl/α,β-unsaturated/α-hetero) is 1. The third-order valence-electron chi connectivity index (χ3n) is 3.06. The van der Waals surface area contributed by atoms with Gasteiger partial charge in [-0.2, -0.15) is 0 Å². The third kappa shape index (κ3) is 1.39. The van der Waals surface area contributed by atoms with E-state index < -0.39 is 5.78 Å². The van der Waals surface area contributed by atoms with E-state index in [1.165, 1.54) is 0 Å². The van der Waals surface area contributed by atoms with Gasteiger partial charge < -0.3 is 10.8 Å². The molecule has 2 aromatic rings. The van der Waals surface area contributed by atoms with Gasteiger partial charge in [0.15, 0.2) is 0 Å². The van der Waals surface area contributed by atoms with Crippen LogP contribution in [-0.4, -0.2) is 16.6 Å². The number of nitrogens with two attached hydrogens (primary N) is 1. The summed E-state index contributed by atoms with van der Waals surface area (Å²) in [5.41, 5.74) is 6.88. The highest BCUT2D eigenvalue weighted by Crippen LogP contribution is 2.27. The number of phenols is 1. The van der Waals surface area contributed by atoms with Crippen LogP contribution in [-0.2, 0) is 4.79 Å². The maximum atomic E-state index is 11.6. The van der Waals surface area contributed by atoms with E-state index in [4.69, 9.17) is 11.1 Å². The lowest BCUT2D eigenvalue weighted by molar-refractivity contribution is -0.109. The zero-order valence-corrected chi connectivity index (χ0v) is 9.40. The molecule has 4 heteroatoms. The van der Waals surface area contributed by atoms with Gasteiger partial charge in [-0.1, -0.05) is 6.07 Å². The monoisotopic (exact) mass is 238 g/mol. The van der Waals surface area contributed by atoms with Gasteiger partial charge in [0.2, 0.25) is 5.78 Å². The van der Waals surface area contributed by atoms with Gasteiger partial charge in [0.1, 0.15) is 11.5 Å². The molecule has 0 bridgehead atoms. The summed E-state index contributed by atoms with van der Waals surface area (Å²) < 4.78 is 0. The van der Waals surface area contributed by atoms with Crippen molar-refractivity contribution in [1.29, 1.82) is 5.41 Å². The smallest absolute Gasteiger partial charge is 0.226 e. The summed E-state index contributed by atoms with van der Waals surface area (Å²) in [7, 11) is 0. The van der Waals surface area contributed by atoms with Crippen LogP contribution >= 0.6 is 0 Å². The van der Waals surface area contributed by atoms with Gasteiger partial charge in [0.05, 0.1) is 5.70 Å². The van der Waals surface area contributed by atoms with Gasteiger partial charge in [0.25, 0.3) is 0 Å². The second-order valence-electron chi connectivity index (χ2n) is 4.27. The lowest BCUT2D eigenvalue weighted by Crippen LogP contribution is -2.25. The van der Waals surface area contributed by atoms with E-state index in [0.717, 1.165) is 16.3 Å². The number of aromatic hydroxyl groups is 1. The van der Waals surface area contributed by atoms with Crippen molar-refractivity contribution in [3.8, 4) is 5.75 Å². The Labute approximate surface area is 103 Å². The summed E-state index contributed by atoms with van der Waals surface area (Å²) in [6.45, 7) is 0. The fourth-order valence-electron chi connectivity index (χ4n) is 2.14. The Morgan fingerprint density at radius 2 is 1.89 bits per heavy atom. The molecular formula is C14H10N2O2. The molecule has 0 fully saturated rings. The number of benzene rings is 2. The number of carbonyl (C=O) groups is 1. The lowest BCUT2D eigenvalue weighted by atomic mass is 9.90. The number of ketones is 1. The number of hydrogen-bond acceptors (Lipinski definition) is 4. The number of hydrogen-bond donors (Lipinski definition) is 3. The molecule has 0 amide bonds. The van der Waals surface area contributed by atoms with Gasteiger partial charge in [-0.25, -0.2) is 0 Å². The summed E-state index contributed by atoms with van der Waals surface area (Å²) in [6, 6.07) is 8.56. The van der Waals surface area contributed by atoms with Gasteiger partial charge in [-0.15, -0.1) is 0 Å². The highest BCUT2D eigenvalue weighted by Gasteiger charge is 2.22. The Hall–Kier alpha value is -2.62. The van der Waals surface area contributed by atoms with Crippen molar-refractivity contribution >= 4 is 28.3 Å². The molecule has 0 aromatic heterocycles. The van der Waals surface area contributed by atoms with Gasteiger partial charge >= 0.3 is 0 Å². The van der Waals surface area contributed by atoms with Crippen molar-refractivity contribution in [2.75, 3.05) is 0 Å². The molecule has 0 aliphatic heterocycles. The second kappa shape index (κ2) is 3.43. The highest BCUT2D eigenvalue weighted by atomic mass is 16.3. The Kier molecular flexibility index (Phi) is 2.01. The first-order valence-electron chi connectivity index (χ1n) is 5.44. The molecular weight excluding hydrogens is 228 g/mol. The summed E-state index contributed by atoms with van der Waals surface area (Å²) in [6.07, 6.45) is 1.57. The Bertz CT molecular complexity index is 745. The molecule has 0 radical (unpaired) electrons. The fourth-order valence-corrected chi connectivity index (χ4v) is 2.14. The zero-order chi connectivity index (χ0) is 12.9. The van der Waals surface area contributed by atoms with E-state index in [-0.39, 0.29) is 17.2 Å². The number of nitrogens with one attached hydrogen (secondary N) is 1. The molecule has 0 heterocycles. The van der Waals surface area contributed by atoms with Crippen LogP contribution in [0.3, 0.4) is 0 Å². The first kappa shape index (κ1) is 10.5. The topological polar surface area (TPSA) is 87.2 Å². The predicted octanol–water partition coefficient (Wildman–Crippen LogP) is 1.80. The number of phenolic OH excluding ortho intramolecular Hbond substituents is 1. The van der Waals surface area contributed by atoms with Crippen molar-refractivity contribution < 1.29 is 9.90 Å². The normalized spacial score (nSPS) is 14.6. The second-order valence-corrected chi connectivity index (χ2v) is 4.27. The molecule has 1 aliphatic carbocycles.